The molecule has 1 aromatic heterocycles. The third kappa shape index (κ3) is 5.10. The molecule has 1 unspecified atom stereocenters. The standard InChI is InChI=1S/C21H27NO5/c1-14(2)20(21(23)24-3)18-11-19(22-27-18)26-17-9-16(10-17)13-25-12-15-7-5-4-6-8-15/h4-8,11,14,16-17,20H,9-10,12-13H2,1-3H3. The van der Waals surface area contributed by atoms with E-state index in [1.165, 1.54) is 12.7 Å². The van der Waals surface area contributed by atoms with Gasteiger partial charge in [0.05, 0.1) is 20.3 Å². The molecule has 0 saturated heterocycles. The van der Waals surface area contributed by atoms with Crippen molar-refractivity contribution in [1.29, 1.82) is 0 Å². The minimum Gasteiger partial charge on any atom is -0.472 e. The van der Waals surface area contributed by atoms with Gasteiger partial charge >= 0.3 is 5.97 Å². The first kappa shape index (κ1) is 19.4. The van der Waals surface area contributed by atoms with E-state index in [0.717, 1.165) is 19.4 Å². The van der Waals surface area contributed by atoms with Crippen molar-refractivity contribution in [2.45, 2.75) is 45.3 Å². The van der Waals surface area contributed by atoms with Crippen LogP contribution in [0.4, 0.5) is 0 Å². The van der Waals surface area contributed by atoms with Crippen molar-refractivity contribution in [1.82, 2.24) is 5.16 Å². The highest BCUT2D eigenvalue weighted by Gasteiger charge is 2.33. The maximum absolute atomic E-state index is 11.9. The third-order valence-corrected chi connectivity index (χ3v) is 4.88. The average molecular weight is 373 g/mol. The fourth-order valence-electron chi connectivity index (χ4n) is 3.31. The van der Waals surface area contributed by atoms with E-state index < -0.39 is 5.92 Å². The molecule has 1 atom stereocenters. The lowest BCUT2D eigenvalue weighted by Crippen LogP contribution is -2.36. The summed E-state index contributed by atoms with van der Waals surface area (Å²) in [7, 11) is 1.37. The maximum Gasteiger partial charge on any atom is 0.316 e. The van der Waals surface area contributed by atoms with Gasteiger partial charge in [-0.2, -0.15) is 0 Å². The van der Waals surface area contributed by atoms with Crippen molar-refractivity contribution in [2.75, 3.05) is 13.7 Å². The molecule has 6 nitrogen and oxygen atoms in total. The smallest absolute Gasteiger partial charge is 0.316 e. The quantitative estimate of drug-likeness (QED) is 0.620. The Hall–Kier alpha value is -2.34. The molecule has 0 N–H and O–H groups in total. The van der Waals surface area contributed by atoms with Gasteiger partial charge in [0, 0.05) is 6.07 Å². The first-order valence-electron chi connectivity index (χ1n) is 9.39. The van der Waals surface area contributed by atoms with Gasteiger partial charge in [0.2, 0.25) is 0 Å². The Morgan fingerprint density at radius 1 is 1.26 bits per heavy atom. The zero-order valence-electron chi connectivity index (χ0n) is 16.1. The minimum absolute atomic E-state index is 0.0492. The number of hydrogen-bond donors (Lipinski definition) is 0. The minimum atomic E-state index is -0.472. The number of ether oxygens (including phenoxy) is 3. The maximum atomic E-state index is 11.9. The topological polar surface area (TPSA) is 70.8 Å². The van der Waals surface area contributed by atoms with Crippen LogP contribution in [0.25, 0.3) is 0 Å². The highest BCUT2D eigenvalue weighted by atomic mass is 16.6. The molecule has 1 fully saturated rings. The lowest BCUT2D eigenvalue weighted by atomic mass is 9.83. The molecule has 1 aromatic carbocycles. The molecule has 0 spiro atoms. The zero-order chi connectivity index (χ0) is 19.2. The summed E-state index contributed by atoms with van der Waals surface area (Å²) in [6.45, 7) is 5.25. The highest BCUT2D eigenvalue weighted by molar-refractivity contribution is 5.77. The van der Waals surface area contributed by atoms with Crippen molar-refractivity contribution in [3.05, 3.63) is 47.7 Å². The molecule has 146 valence electrons. The van der Waals surface area contributed by atoms with Gasteiger partial charge in [-0.15, -0.1) is 0 Å². The first-order chi connectivity index (χ1) is 13.1. The summed E-state index contributed by atoms with van der Waals surface area (Å²) in [5.41, 5.74) is 1.19. The van der Waals surface area contributed by atoms with Gasteiger partial charge in [0.15, 0.2) is 5.76 Å². The second-order valence-corrected chi connectivity index (χ2v) is 7.39. The van der Waals surface area contributed by atoms with E-state index in [9.17, 15) is 4.79 Å². The van der Waals surface area contributed by atoms with Gasteiger partial charge < -0.3 is 18.7 Å². The third-order valence-electron chi connectivity index (χ3n) is 4.88. The zero-order valence-corrected chi connectivity index (χ0v) is 16.1. The predicted molar refractivity (Wildman–Crippen MR) is 99.3 cm³/mol. The Labute approximate surface area is 159 Å². The van der Waals surface area contributed by atoms with Gasteiger partial charge in [0.1, 0.15) is 12.0 Å². The molecule has 2 aromatic rings. The molecular weight excluding hydrogens is 346 g/mol. The largest absolute Gasteiger partial charge is 0.472 e. The van der Waals surface area contributed by atoms with Gasteiger partial charge in [-0.05, 0) is 35.4 Å². The summed E-state index contributed by atoms with van der Waals surface area (Å²) in [5, 5.41) is 3.95. The number of benzene rings is 1. The van der Waals surface area contributed by atoms with Crippen LogP contribution in [0.2, 0.25) is 0 Å². The van der Waals surface area contributed by atoms with Crippen LogP contribution >= 0.6 is 0 Å². The number of methoxy groups -OCH3 is 1. The number of carbonyl (C=O) groups is 1. The summed E-state index contributed by atoms with van der Waals surface area (Å²) >= 11 is 0. The van der Waals surface area contributed by atoms with Crippen LogP contribution in [-0.4, -0.2) is 30.9 Å². The molecule has 6 heteroatoms. The highest BCUT2D eigenvalue weighted by Crippen LogP contribution is 2.33. The normalized spacial score (nSPS) is 20.1. The van der Waals surface area contributed by atoms with E-state index in [2.05, 4.69) is 17.3 Å². The lowest BCUT2D eigenvalue weighted by molar-refractivity contribution is -0.144. The summed E-state index contributed by atoms with van der Waals surface area (Å²) in [6, 6.07) is 11.9. The van der Waals surface area contributed by atoms with Crippen molar-refractivity contribution >= 4 is 5.97 Å². The Morgan fingerprint density at radius 2 is 2.00 bits per heavy atom. The molecule has 3 rings (SSSR count). The van der Waals surface area contributed by atoms with E-state index in [4.69, 9.17) is 18.7 Å². The second kappa shape index (κ2) is 9.04. The van der Waals surface area contributed by atoms with Crippen LogP contribution in [0.1, 0.15) is 43.9 Å². The summed E-state index contributed by atoms with van der Waals surface area (Å²) < 4.78 is 21.8. The molecule has 1 aliphatic rings. The SMILES string of the molecule is COC(=O)C(c1cc(OC2CC(COCc3ccccc3)C2)no1)C(C)C. The van der Waals surface area contributed by atoms with Gasteiger partial charge in [-0.25, -0.2) is 0 Å². The Kier molecular flexibility index (Phi) is 6.50. The number of carbonyl (C=O) groups excluding carboxylic acids is 1. The Morgan fingerprint density at radius 3 is 2.67 bits per heavy atom. The fraction of sp³-hybridized carbons (Fsp3) is 0.524. The fourth-order valence-corrected chi connectivity index (χ4v) is 3.31. The number of nitrogens with zero attached hydrogens (tertiary/aromatic N) is 1. The molecule has 1 aliphatic carbocycles. The van der Waals surface area contributed by atoms with Gasteiger partial charge in [-0.3, -0.25) is 4.79 Å². The summed E-state index contributed by atoms with van der Waals surface area (Å²) in [4.78, 5) is 11.9. The Balaban J connectivity index is 1.41. The molecule has 1 saturated carbocycles. The van der Waals surface area contributed by atoms with Crippen molar-refractivity contribution in [3.8, 4) is 5.88 Å². The van der Waals surface area contributed by atoms with E-state index in [1.54, 1.807) is 6.07 Å². The number of hydrogen-bond acceptors (Lipinski definition) is 6. The molecule has 0 bridgehead atoms. The summed E-state index contributed by atoms with van der Waals surface area (Å²) in [6.07, 6.45) is 1.98. The van der Waals surface area contributed by atoms with Crippen molar-refractivity contribution < 1.29 is 23.5 Å². The average Bonchev–Trinajstić information content (AvgIpc) is 3.08. The van der Waals surface area contributed by atoms with Gasteiger partial charge in [0.25, 0.3) is 5.88 Å². The van der Waals surface area contributed by atoms with E-state index in [1.807, 2.05) is 32.0 Å². The van der Waals surface area contributed by atoms with Crippen LogP contribution in [0.3, 0.4) is 0 Å². The lowest BCUT2D eigenvalue weighted by Gasteiger charge is -2.34. The predicted octanol–water partition coefficient (Wildman–Crippen LogP) is 3.96. The van der Waals surface area contributed by atoms with E-state index in [-0.39, 0.29) is 18.0 Å². The van der Waals surface area contributed by atoms with Crippen molar-refractivity contribution in [2.24, 2.45) is 11.8 Å². The number of esters is 1. The van der Waals surface area contributed by atoms with Crippen molar-refractivity contribution in [3.63, 3.8) is 0 Å². The molecule has 27 heavy (non-hydrogen) atoms. The summed E-state index contributed by atoms with van der Waals surface area (Å²) in [5.74, 6) is 0.658. The number of aromatic nitrogens is 1. The Bertz CT molecular complexity index is 721. The molecule has 1 heterocycles. The first-order valence-corrected chi connectivity index (χ1v) is 9.39. The van der Waals surface area contributed by atoms with Gasteiger partial charge in [-0.1, -0.05) is 44.2 Å². The number of rotatable bonds is 9. The molecule has 0 radical (unpaired) electrons. The van der Waals surface area contributed by atoms with Crippen LogP contribution in [0.5, 0.6) is 5.88 Å². The second-order valence-electron chi connectivity index (χ2n) is 7.39. The molecule has 0 aliphatic heterocycles. The van der Waals surface area contributed by atoms with Crippen LogP contribution in [0, 0.1) is 11.8 Å². The monoisotopic (exact) mass is 373 g/mol. The van der Waals surface area contributed by atoms with E-state index in [0.29, 0.717) is 24.2 Å². The molecular formula is C21H27NO5. The van der Waals surface area contributed by atoms with Crippen LogP contribution in [0.15, 0.2) is 40.9 Å². The van der Waals surface area contributed by atoms with E-state index >= 15 is 0 Å². The van der Waals surface area contributed by atoms with Crippen LogP contribution in [-0.2, 0) is 20.9 Å². The van der Waals surface area contributed by atoms with Crippen LogP contribution < -0.4 is 4.74 Å². The molecule has 0 amide bonds.